The molecule has 0 bridgehead atoms. The second kappa shape index (κ2) is 7.04. The topological polar surface area (TPSA) is 69.3 Å². The Morgan fingerprint density at radius 2 is 1.92 bits per heavy atom. The van der Waals surface area contributed by atoms with Gasteiger partial charge in [-0.25, -0.2) is 9.37 Å². The van der Waals surface area contributed by atoms with Crippen LogP contribution >= 0.6 is 0 Å². The van der Waals surface area contributed by atoms with Gasteiger partial charge in [0.2, 0.25) is 11.9 Å². The van der Waals surface area contributed by atoms with Crippen LogP contribution in [0.1, 0.15) is 31.9 Å². The standard InChI is InChI=1S/C18H21FN4O2/c1-3-22(4-2)18-20-15(10-16(24)21-18)12-9-17(25)23(11-12)14-7-5-13(19)6-8-14/h5-8,10,12H,3-4,9,11H2,1-2H3,(H,20,21,24). The van der Waals surface area contributed by atoms with E-state index in [0.29, 0.717) is 23.9 Å². The smallest absolute Gasteiger partial charge is 0.252 e. The number of amides is 1. The molecule has 1 unspecified atom stereocenters. The summed E-state index contributed by atoms with van der Waals surface area (Å²) in [6, 6.07) is 7.29. The van der Waals surface area contributed by atoms with Crippen LogP contribution in [0.4, 0.5) is 16.0 Å². The van der Waals surface area contributed by atoms with Gasteiger partial charge >= 0.3 is 0 Å². The lowest BCUT2D eigenvalue weighted by Crippen LogP contribution is -2.28. The molecule has 6 nitrogen and oxygen atoms in total. The molecule has 132 valence electrons. The van der Waals surface area contributed by atoms with Crippen molar-refractivity contribution in [1.29, 1.82) is 0 Å². The Morgan fingerprint density at radius 3 is 2.56 bits per heavy atom. The van der Waals surface area contributed by atoms with Gasteiger partial charge in [-0.3, -0.25) is 14.6 Å². The number of nitrogens with zero attached hydrogens (tertiary/aromatic N) is 3. The van der Waals surface area contributed by atoms with Crippen molar-refractivity contribution in [3.8, 4) is 0 Å². The highest BCUT2D eigenvalue weighted by molar-refractivity contribution is 5.96. The van der Waals surface area contributed by atoms with Crippen molar-refractivity contribution in [3.05, 3.63) is 52.2 Å². The van der Waals surface area contributed by atoms with E-state index >= 15 is 0 Å². The summed E-state index contributed by atoms with van der Waals surface area (Å²) in [6.07, 6.45) is 0.283. The van der Waals surface area contributed by atoms with E-state index in [9.17, 15) is 14.0 Å². The minimum atomic E-state index is -0.341. The molecule has 1 aromatic carbocycles. The molecule has 2 heterocycles. The monoisotopic (exact) mass is 344 g/mol. The molecule has 1 fully saturated rings. The van der Waals surface area contributed by atoms with Crippen LogP contribution in [0.5, 0.6) is 0 Å². The van der Waals surface area contributed by atoms with Crippen molar-refractivity contribution < 1.29 is 9.18 Å². The number of halogens is 1. The van der Waals surface area contributed by atoms with E-state index in [1.165, 1.54) is 18.2 Å². The highest BCUT2D eigenvalue weighted by Crippen LogP contribution is 2.31. The second-order valence-corrected chi connectivity index (χ2v) is 6.05. The maximum atomic E-state index is 13.1. The van der Waals surface area contributed by atoms with Crippen molar-refractivity contribution in [3.63, 3.8) is 0 Å². The van der Waals surface area contributed by atoms with Gasteiger partial charge in [-0.15, -0.1) is 0 Å². The normalized spacial score (nSPS) is 17.2. The minimum absolute atomic E-state index is 0.0527. The molecule has 1 aliphatic heterocycles. The molecule has 3 rings (SSSR count). The quantitative estimate of drug-likeness (QED) is 0.903. The average molecular weight is 344 g/mol. The van der Waals surface area contributed by atoms with Gasteiger partial charge in [0.1, 0.15) is 5.82 Å². The lowest BCUT2D eigenvalue weighted by molar-refractivity contribution is -0.117. The van der Waals surface area contributed by atoms with Crippen LogP contribution < -0.4 is 15.4 Å². The zero-order valence-corrected chi connectivity index (χ0v) is 14.3. The first-order valence-electron chi connectivity index (χ1n) is 8.44. The Balaban J connectivity index is 1.87. The number of hydrogen-bond acceptors (Lipinski definition) is 4. The lowest BCUT2D eigenvalue weighted by Gasteiger charge is -2.20. The molecule has 1 saturated heterocycles. The van der Waals surface area contributed by atoms with Gasteiger partial charge in [0.25, 0.3) is 5.56 Å². The van der Waals surface area contributed by atoms with E-state index in [-0.39, 0.29) is 29.6 Å². The third-order valence-corrected chi connectivity index (χ3v) is 4.49. The van der Waals surface area contributed by atoms with Crippen molar-refractivity contribution in [2.24, 2.45) is 0 Å². The van der Waals surface area contributed by atoms with Gasteiger partial charge in [0, 0.05) is 43.7 Å². The molecule has 1 aliphatic rings. The van der Waals surface area contributed by atoms with E-state index in [1.54, 1.807) is 17.0 Å². The Hall–Kier alpha value is -2.70. The van der Waals surface area contributed by atoms with Crippen LogP contribution in [0.25, 0.3) is 0 Å². The fourth-order valence-electron chi connectivity index (χ4n) is 3.12. The third kappa shape index (κ3) is 3.55. The molecule has 1 atom stereocenters. The van der Waals surface area contributed by atoms with Gasteiger partial charge in [0.05, 0.1) is 5.69 Å². The number of aromatic nitrogens is 2. The van der Waals surface area contributed by atoms with Crippen molar-refractivity contribution >= 4 is 17.5 Å². The van der Waals surface area contributed by atoms with Gasteiger partial charge in [-0.05, 0) is 38.1 Å². The first kappa shape index (κ1) is 17.1. The van der Waals surface area contributed by atoms with E-state index in [0.717, 1.165) is 13.1 Å². The van der Waals surface area contributed by atoms with E-state index in [1.807, 2.05) is 18.7 Å². The molecule has 0 spiro atoms. The maximum Gasteiger partial charge on any atom is 0.252 e. The summed E-state index contributed by atoms with van der Waals surface area (Å²) < 4.78 is 13.1. The summed E-state index contributed by atoms with van der Waals surface area (Å²) in [6.45, 7) is 5.87. The van der Waals surface area contributed by atoms with Gasteiger partial charge in [-0.1, -0.05) is 0 Å². The fourth-order valence-corrected chi connectivity index (χ4v) is 3.12. The number of H-pyrrole nitrogens is 1. The molecule has 0 radical (unpaired) electrons. The summed E-state index contributed by atoms with van der Waals surface area (Å²) >= 11 is 0. The highest BCUT2D eigenvalue weighted by Gasteiger charge is 2.33. The highest BCUT2D eigenvalue weighted by atomic mass is 19.1. The van der Waals surface area contributed by atoms with Crippen LogP contribution in [-0.4, -0.2) is 35.5 Å². The lowest BCUT2D eigenvalue weighted by atomic mass is 10.0. The molecule has 7 heteroatoms. The summed E-state index contributed by atoms with van der Waals surface area (Å²) in [5.41, 5.74) is 1.05. The van der Waals surface area contributed by atoms with Gasteiger partial charge in [-0.2, -0.15) is 0 Å². The molecule has 0 saturated carbocycles. The number of nitrogens with one attached hydrogen (secondary N) is 1. The van der Waals surface area contributed by atoms with Crippen molar-refractivity contribution in [1.82, 2.24) is 9.97 Å². The molecular weight excluding hydrogens is 323 g/mol. The third-order valence-electron chi connectivity index (χ3n) is 4.49. The summed E-state index contributed by atoms with van der Waals surface area (Å²) in [7, 11) is 0. The largest absolute Gasteiger partial charge is 0.343 e. The first-order chi connectivity index (χ1) is 12.0. The summed E-state index contributed by atoms with van der Waals surface area (Å²) in [4.78, 5) is 35.3. The fraction of sp³-hybridized carbons (Fsp3) is 0.389. The SMILES string of the molecule is CCN(CC)c1nc(C2CC(=O)N(c3ccc(F)cc3)C2)cc(=O)[nH]1. The Kier molecular flexibility index (Phi) is 4.83. The zero-order valence-electron chi connectivity index (χ0n) is 14.3. The Morgan fingerprint density at radius 1 is 1.24 bits per heavy atom. The first-order valence-corrected chi connectivity index (χ1v) is 8.44. The molecular formula is C18H21FN4O2. The number of hydrogen-bond donors (Lipinski definition) is 1. The predicted octanol–water partition coefficient (Wildman–Crippen LogP) is 2.28. The predicted molar refractivity (Wildman–Crippen MR) is 94.5 cm³/mol. The summed E-state index contributed by atoms with van der Waals surface area (Å²) in [5.74, 6) is -0.0236. The van der Waals surface area contributed by atoms with Crippen LogP contribution in [0.15, 0.2) is 35.1 Å². The molecule has 0 aliphatic carbocycles. The van der Waals surface area contributed by atoms with Gasteiger partial charge < -0.3 is 9.80 Å². The number of carbonyl (C=O) groups excluding carboxylic acids is 1. The molecule has 1 amide bonds. The minimum Gasteiger partial charge on any atom is -0.343 e. The Bertz CT molecular complexity index is 815. The molecule has 1 N–H and O–H groups in total. The van der Waals surface area contributed by atoms with Crippen LogP contribution in [-0.2, 0) is 4.79 Å². The number of carbonyl (C=O) groups is 1. The molecule has 1 aromatic heterocycles. The Labute approximate surface area is 145 Å². The number of aromatic amines is 1. The maximum absolute atomic E-state index is 13.1. The van der Waals surface area contributed by atoms with E-state index in [2.05, 4.69) is 9.97 Å². The summed E-state index contributed by atoms with van der Waals surface area (Å²) in [5, 5.41) is 0. The van der Waals surface area contributed by atoms with Crippen LogP contribution in [0.2, 0.25) is 0 Å². The second-order valence-electron chi connectivity index (χ2n) is 6.05. The number of benzene rings is 1. The average Bonchev–Trinajstić information content (AvgIpc) is 2.98. The van der Waals surface area contributed by atoms with Crippen molar-refractivity contribution in [2.45, 2.75) is 26.2 Å². The molecule has 2 aromatic rings. The van der Waals surface area contributed by atoms with E-state index in [4.69, 9.17) is 0 Å². The number of rotatable bonds is 5. The van der Waals surface area contributed by atoms with Crippen molar-refractivity contribution in [2.75, 3.05) is 29.4 Å². The number of anilines is 2. The zero-order chi connectivity index (χ0) is 18.0. The van der Waals surface area contributed by atoms with Crippen LogP contribution in [0.3, 0.4) is 0 Å². The van der Waals surface area contributed by atoms with Crippen LogP contribution in [0, 0.1) is 5.82 Å². The van der Waals surface area contributed by atoms with E-state index < -0.39 is 0 Å². The molecule has 25 heavy (non-hydrogen) atoms. The van der Waals surface area contributed by atoms with Gasteiger partial charge in [0.15, 0.2) is 0 Å².